The number of nitrogens with two attached hydrogens (primary N) is 1. The summed E-state index contributed by atoms with van der Waals surface area (Å²) in [6, 6.07) is 0. The highest BCUT2D eigenvalue weighted by Gasteiger charge is 2.86. The molecule has 0 aromatic carbocycles. The van der Waals surface area contributed by atoms with Gasteiger partial charge in [-0.05, 0) is 57.9 Å². The molecular weight excluding hydrogens is 384 g/mol. The number of methoxy groups -OCH3 is 1. The Balaban J connectivity index is 1.48. The van der Waals surface area contributed by atoms with Gasteiger partial charge in [-0.25, -0.2) is 4.79 Å². The number of carbonyl (C=O) groups is 3. The number of esters is 1. The van der Waals surface area contributed by atoms with Crippen molar-refractivity contribution >= 4 is 17.5 Å². The highest BCUT2D eigenvalue weighted by Crippen LogP contribution is 2.61. The van der Waals surface area contributed by atoms with Gasteiger partial charge in [-0.1, -0.05) is 24.5 Å². The Morgan fingerprint density at radius 1 is 1.23 bits per heavy atom. The second-order valence-corrected chi connectivity index (χ2v) is 9.57. The lowest BCUT2D eigenvalue weighted by molar-refractivity contribution is -0.156. The standard InChI is InChI=1S/C23H34N2O5/c1-14(7-8-15-10-12-25-18(24)13-15)9-11-22-19(26)16-5-3-4-6-17(16)20(27)23(22,30-22)21(28)29-2/h9,15-18,25H,3-8,10-13,24H2,1-2H3/t15?,16?,17?,18?,22-,23-/m0/s1. The maximum Gasteiger partial charge on any atom is 0.349 e. The molecule has 0 radical (unpaired) electrons. The Labute approximate surface area is 178 Å². The average molecular weight is 419 g/mol. The molecule has 6 atom stereocenters. The predicted octanol–water partition coefficient (Wildman–Crippen LogP) is 2.03. The number of nitrogens with one attached hydrogen (secondary N) is 1. The number of ether oxygens (including phenoxy) is 2. The number of Topliss-reactive ketones (excluding diaryl/α,β-unsaturated/α-hetero) is 2. The molecule has 4 unspecified atom stereocenters. The number of fused-ring (bicyclic) bond motifs is 2. The topological polar surface area (TPSA) is 111 Å². The molecule has 3 N–H and O–H groups in total. The molecule has 2 aliphatic heterocycles. The summed E-state index contributed by atoms with van der Waals surface area (Å²) in [5.41, 5.74) is 4.05. The number of hydrogen-bond donors (Lipinski definition) is 2. The first-order valence-corrected chi connectivity index (χ1v) is 11.4. The summed E-state index contributed by atoms with van der Waals surface area (Å²) in [6.45, 7) is 2.99. The molecule has 2 saturated carbocycles. The first kappa shape index (κ1) is 21.7. The van der Waals surface area contributed by atoms with E-state index in [1.54, 1.807) is 0 Å². The zero-order valence-corrected chi connectivity index (χ0v) is 18.1. The maximum atomic E-state index is 13.4. The van der Waals surface area contributed by atoms with E-state index in [-0.39, 0.29) is 30.1 Å². The highest BCUT2D eigenvalue weighted by molar-refractivity contribution is 6.23. The van der Waals surface area contributed by atoms with Crippen LogP contribution in [0.1, 0.15) is 64.7 Å². The Morgan fingerprint density at radius 3 is 2.60 bits per heavy atom. The lowest BCUT2D eigenvalue weighted by atomic mass is 9.61. The van der Waals surface area contributed by atoms with Crippen LogP contribution >= 0.6 is 0 Å². The summed E-state index contributed by atoms with van der Waals surface area (Å²) in [5.74, 6) is -1.18. The first-order chi connectivity index (χ1) is 14.4. The highest BCUT2D eigenvalue weighted by atomic mass is 16.7. The number of carbonyl (C=O) groups excluding carboxylic acids is 3. The molecule has 166 valence electrons. The number of ketones is 2. The molecule has 2 aliphatic carbocycles. The van der Waals surface area contributed by atoms with Crippen LogP contribution in [0.3, 0.4) is 0 Å². The molecule has 2 heterocycles. The van der Waals surface area contributed by atoms with Crippen molar-refractivity contribution < 1.29 is 23.9 Å². The van der Waals surface area contributed by atoms with E-state index in [0.717, 1.165) is 50.6 Å². The van der Waals surface area contributed by atoms with Crippen LogP contribution in [0.5, 0.6) is 0 Å². The van der Waals surface area contributed by atoms with Crippen molar-refractivity contribution in [3.05, 3.63) is 11.6 Å². The Hall–Kier alpha value is -1.57. The van der Waals surface area contributed by atoms with Gasteiger partial charge in [-0.15, -0.1) is 0 Å². The number of allylic oxidation sites excluding steroid dienone is 1. The minimum Gasteiger partial charge on any atom is -0.466 e. The van der Waals surface area contributed by atoms with E-state index in [9.17, 15) is 14.4 Å². The molecule has 7 heteroatoms. The fraction of sp³-hybridized carbons (Fsp3) is 0.783. The largest absolute Gasteiger partial charge is 0.466 e. The van der Waals surface area contributed by atoms with Crippen LogP contribution in [0.2, 0.25) is 0 Å². The van der Waals surface area contributed by atoms with Gasteiger partial charge in [-0.3, -0.25) is 9.59 Å². The smallest absolute Gasteiger partial charge is 0.349 e. The molecule has 7 nitrogen and oxygen atoms in total. The van der Waals surface area contributed by atoms with Crippen LogP contribution < -0.4 is 11.1 Å². The first-order valence-electron chi connectivity index (χ1n) is 11.4. The van der Waals surface area contributed by atoms with Gasteiger partial charge in [0.2, 0.25) is 0 Å². The van der Waals surface area contributed by atoms with Crippen LogP contribution in [0.15, 0.2) is 11.6 Å². The molecular formula is C23H34N2O5. The zero-order valence-electron chi connectivity index (χ0n) is 18.1. The molecule has 0 aromatic heterocycles. The quantitative estimate of drug-likeness (QED) is 0.294. The molecule has 4 aliphatic rings. The molecule has 4 fully saturated rings. The van der Waals surface area contributed by atoms with Gasteiger partial charge in [0, 0.05) is 18.3 Å². The van der Waals surface area contributed by atoms with Crippen LogP contribution in [0.25, 0.3) is 0 Å². The predicted molar refractivity (Wildman–Crippen MR) is 110 cm³/mol. The van der Waals surface area contributed by atoms with E-state index in [0.29, 0.717) is 18.8 Å². The normalized spacial score (nSPS) is 41.1. The third-order valence-electron chi connectivity index (χ3n) is 7.74. The lowest BCUT2D eigenvalue weighted by Gasteiger charge is -2.36. The summed E-state index contributed by atoms with van der Waals surface area (Å²) < 4.78 is 10.8. The molecule has 0 bridgehead atoms. The van der Waals surface area contributed by atoms with Crippen molar-refractivity contribution in [2.24, 2.45) is 23.5 Å². The summed E-state index contributed by atoms with van der Waals surface area (Å²) in [6.07, 6.45) is 9.57. The molecule has 4 rings (SSSR count). The van der Waals surface area contributed by atoms with E-state index >= 15 is 0 Å². The summed E-state index contributed by atoms with van der Waals surface area (Å²) >= 11 is 0. The second kappa shape index (κ2) is 8.17. The van der Waals surface area contributed by atoms with Crippen molar-refractivity contribution in [2.75, 3.05) is 13.7 Å². The third-order valence-corrected chi connectivity index (χ3v) is 7.74. The number of rotatable bonds is 6. The van der Waals surface area contributed by atoms with Crippen molar-refractivity contribution in [3.8, 4) is 0 Å². The van der Waals surface area contributed by atoms with Gasteiger partial charge in [0.25, 0.3) is 5.60 Å². The summed E-state index contributed by atoms with van der Waals surface area (Å²) in [7, 11) is 1.25. The molecule has 0 amide bonds. The van der Waals surface area contributed by atoms with E-state index in [4.69, 9.17) is 15.2 Å². The number of epoxide rings is 1. The summed E-state index contributed by atoms with van der Waals surface area (Å²) in [4.78, 5) is 39.3. The SMILES string of the molecule is COC(=O)[C@]12O[C@@]1(CC=C(C)CCC1CCNC(N)C1)C(=O)C1CCCCC1C2=O. The Morgan fingerprint density at radius 2 is 1.93 bits per heavy atom. The summed E-state index contributed by atoms with van der Waals surface area (Å²) in [5, 5.41) is 3.26. The minimum absolute atomic E-state index is 0.0711. The van der Waals surface area contributed by atoms with E-state index < -0.39 is 23.1 Å². The minimum atomic E-state index is -1.73. The molecule has 30 heavy (non-hydrogen) atoms. The maximum absolute atomic E-state index is 13.4. The Kier molecular flexibility index (Phi) is 5.90. The van der Waals surface area contributed by atoms with E-state index in [1.165, 1.54) is 7.11 Å². The molecule has 0 aromatic rings. The van der Waals surface area contributed by atoms with Gasteiger partial charge in [0.15, 0.2) is 17.2 Å². The van der Waals surface area contributed by atoms with Gasteiger partial charge in [-0.2, -0.15) is 0 Å². The fourth-order valence-electron chi connectivity index (χ4n) is 5.91. The van der Waals surface area contributed by atoms with Gasteiger partial charge < -0.3 is 20.5 Å². The van der Waals surface area contributed by atoms with Crippen molar-refractivity contribution in [1.29, 1.82) is 0 Å². The molecule has 2 saturated heterocycles. The lowest BCUT2D eigenvalue weighted by Crippen LogP contribution is -2.58. The van der Waals surface area contributed by atoms with Crippen molar-refractivity contribution in [3.63, 3.8) is 0 Å². The van der Waals surface area contributed by atoms with Gasteiger partial charge >= 0.3 is 5.97 Å². The van der Waals surface area contributed by atoms with Gasteiger partial charge in [0.05, 0.1) is 13.3 Å². The Bertz CT molecular complexity index is 765. The second-order valence-electron chi connectivity index (χ2n) is 9.57. The van der Waals surface area contributed by atoms with Crippen molar-refractivity contribution in [2.45, 2.75) is 82.1 Å². The van der Waals surface area contributed by atoms with Crippen molar-refractivity contribution in [1.82, 2.24) is 5.32 Å². The number of piperidine rings is 1. The third kappa shape index (κ3) is 3.35. The number of hydrogen-bond acceptors (Lipinski definition) is 7. The fourth-order valence-corrected chi connectivity index (χ4v) is 5.91. The van der Waals surface area contributed by atoms with Crippen LogP contribution in [-0.2, 0) is 23.9 Å². The zero-order chi connectivity index (χ0) is 21.5. The van der Waals surface area contributed by atoms with Gasteiger partial charge in [0.1, 0.15) is 0 Å². The van der Waals surface area contributed by atoms with Crippen LogP contribution in [-0.4, -0.2) is 48.6 Å². The van der Waals surface area contributed by atoms with E-state index in [2.05, 4.69) is 5.32 Å². The van der Waals surface area contributed by atoms with E-state index in [1.807, 2.05) is 13.0 Å². The molecule has 0 spiro atoms. The van der Waals surface area contributed by atoms with Crippen LogP contribution in [0.4, 0.5) is 0 Å². The monoisotopic (exact) mass is 418 g/mol. The van der Waals surface area contributed by atoms with Crippen LogP contribution in [0, 0.1) is 17.8 Å². The average Bonchev–Trinajstić information content (AvgIpc) is 3.46.